The quantitative estimate of drug-likeness (QED) is 0.895. The van der Waals surface area contributed by atoms with Crippen LogP contribution in [0.25, 0.3) is 0 Å². The summed E-state index contributed by atoms with van der Waals surface area (Å²) in [6.07, 6.45) is 3.73. The molecule has 104 valence electrons. The minimum atomic E-state index is -0.132. The van der Waals surface area contributed by atoms with E-state index in [-0.39, 0.29) is 12.1 Å². The molecule has 0 saturated carbocycles. The number of urea groups is 1. The largest absolute Gasteiger partial charge is 0.333 e. The summed E-state index contributed by atoms with van der Waals surface area (Å²) in [5.41, 5.74) is 3.56. The van der Waals surface area contributed by atoms with E-state index in [1.807, 2.05) is 25.2 Å². The SMILES string of the molecule is Cn1nccc1CNC(=O)NC1CCc2ccccc21. The van der Waals surface area contributed by atoms with Gasteiger partial charge in [0, 0.05) is 13.2 Å². The third-order valence-corrected chi connectivity index (χ3v) is 3.79. The Bertz CT molecular complexity index is 620. The molecule has 0 aliphatic heterocycles. The highest BCUT2D eigenvalue weighted by molar-refractivity contribution is 5.74. The number of carbonyl (C=O) groups excluding carboxylic acids is 1. The van der Waals surface area contributed by atoms with Crippen LogP contribution in [0.4, 0.5) is 4.79 Å². The Morgan fingerprint density at radius 1 is 1.40 bits per heavy atom. The molecule has 3 rings (SSSR count). The van der Waals surface area contributed by atoms with Gasteiger partial charge < -0.3 is 10.6 Å². The van der Waals surface area contributed by atoms with Gasteiger partial charge in [-0.05, 0) is 30.0 Å². The first-order valence-corrected chi connectivity index (χ1v) is 6.83. The number of rotatable bonds is 3. The predicted molar refractivity (Wildman–Crippen MR) is 76.1 cm³/mol. The van der Waals surface area contributed by atoms with Crippen molar-refractivity contribution in [3.05, 3.63) is 53.3 Å². The summed E-state index contributed by atoms with van der Waals surface area (Å²) < 4.78 is 1.76. The Morgan fingerprint density at radius 3 is 3.05 bits per heavy atom. The molecule has 1 aliphatic carbocycles. The zero-order valence-corrected chi connectivity index (χ0v) is 11.5. The Hall–Kier alpha value is -2.30. The summed E-state index contributed by atoms with van der Waals surface area (Å²) in [4.78, 5) is 12.0. The van der Waals surface area contributed by atoms with Crippen molar-refractivity contribution in [2.45, 2.75) is 25.4 Å². The van der Waals surface area contributed by atoms with Gasteiger partial charge in [0.1, 0.15) is 0 Å². The average molecular weight is 270 g/mol. The van der Waals surface area contributed by atoms with Crippen LogP contribution < -0.4 is 10.6 Å². The molecule has 0 saturated heterocycles. The number of aryl methyl sites for hydroxylation is 2. The Morgan fingerprint density at radius 2 is 2.25 bits per heavy atom. The second-order valence-corrected chi connectivity index (χ2v) is 5.06. The molecule has 1 aliphatic rings. The molecule has 2 aromatic rings. The minimum Gasteiger partial charge on any atom is -0.333 e. The second-order valence-electron chi connectivity index (χ2n) is 5.06. The number of carbonyl (C=O) groups is 1. The molecule has 0 spiro atoms. The summed E-state index contributed by atoms with van der Waals surface area (Å²) in [5, 5.41) is 9.98. The maximum atomic E-state index is 12.0. The van der Waals surface area contributed by atoms with E-state index in [2.05, 4.69) is 27.9 Å². The van der Waals surface area contributed by atoms with Crippen LogP contribution in [0.3, 0.4) is 0 Å². The van der Waals surface area contributed by atoms with Crippen LogP contribution in [0.2, 0.25) is 0 Å². The van der Waals surface area contributed by atoms with Gasteiger partial charge >= 0.3 is 6.03 Å². The summed E-state index contributed by atoms with van der Waals surface area (Å²) >= 11 is 0. The van der Waals surface area contributed by atoms with Crippen LogP contribution >= 0.6 is 0 Å². The lowest BCUT2D eigenvalue weighted by molar-refractivity contribution is 0.236. The van der Waals surface area contributed by atoms with Gasteiger partial charge in [0.15, 0.2) is 0 Å². The highest BCUT2D eigenvalue weighted by atomic mass is 16.2. The van der Waals surface area contributed by atoms with Gasteiger partial charge in [-0.3, -0.25) is 4.68 Å². The van der Waals surface area contributed by atoms with E-state index >= 15 is 0 Å². The second kappa shape index (κ2) is 5.36. The molecule has 1 aromatic carbocycles. The van der Waals surface area contributed by atoms with E-state index in [4.69, 9.17) is 0 Å². The summed E-state index contributed by atoms with van der Waals surface area (Å²) in [5.74, 6) is 0. The Balaban J connectivity index is 1.57. The highest BCUT2D eigenvalue weighted by Gasteiger charge is 2.23. The minimum absolute atomic E-state index is 0.123. The van der Waals surface area contributed by atoms with Gasteiger partial charge in [-0.15, -0.1) is 0 Å². The molecular weight excluding hydrogens is 252 g/mol. The normalized spacial score (nSPS) is 16.8. The van der Waals surface area contributed by atoms with E-state index < -0.39 is 0 Å². The zero-order valence-electron chi connectivity index (χ0n) is 11.5. The first-order chi connectivity index (χ1) is 9.74. The molecule has 0 bridgehead atoms. The third-order valence-electron chi connectivity index (χ3n) is 3.79. The van der Waals surface area contributed by atoms with E-state index in [9.17, 15) is 4.79 Å². The molecule has 20 heavy (non-hydrogen) atoms. The van der Waals surface area contributed by atoms with Gasteiger partial charge in [0.2, 0.25) is 0 Å². The van der Waals surface area contributed by atoms with Crippen molar-refractivity contribution in [1.29, 1.82) is 0 Å². The summed E-state index contributed by atoms with van der Waals surface area (Å²) in [7, 11) is 1.86. The van der Waals surface area contributed by atoms with E-state index in [1.54, 1.807) is 10.9 Å². The maximum absolute atomic E-state index is 12.0. The molecule has 2 amide bonds. The number of hydrogen-bond donors (Lipinski definition) is 2. The fourth-order valence-corrected chi connectivity index (χ4v) is 2.66. The molecular formula is C15H18N4O. The molecule has 1 atom stereocenters. The first kappa shape index (κ1) is 12.7. The average Bonchev–Trinajstić information content (AvgIpc) is 3.04. The predicted octanol–water partition coefficient (Wildman–Crippen LogP) is 1.91. The van der Waals surface area contributed by atoms with Gasteiger partial charge in [-0.25, -0.2) is 4.79 Å². The van der Waals surface area contributed by atoms with E-state index in [0.29, 0.717) is 6.54 Å². The van der Waals surface area contributed by atoms with Crippen LogP contribution in [0.15, 0.2) is 36.5 Å². The molecule has 0 radical (unpaired) electrons. The molecule has 5 nitrogen and oxygen atoms in total. The number of aromatic nitrogens is 2. The third kappa shape index (κ3) is 2.52. The lowest BCUT2D eigenvalue weighted by atomic mass is 10.1. The smallest absolute Gasteiger partial charge is 0.315 e. The van der Waals surface area contributed by atoms with Crippen LogP contribution in [-0.2, 0) is 20.0 Å². The fraction of sp³-hybridized carbons (Fsp3) is 0.333. The van der Waals surface area contributed by atoms with Crippen molar-refractivity contribution in [2.75, 3.05) is 0 Å². The van der Waals surface area contributed by atoms with E-state index in [1.165, 1.54) is 11.1 Å². The van der Waals surface area contributed by atoms with Gasteiger partial charge in [0.25, 0.3) is 0 Å². The van der Waals surface area contributed by atoms with Crippen molar-refractivity contribution < 1.29 is 4.79 Å². The first-order valence-electron chi connectivity index (χ1n) is 6.83. The van der Waals surface area contributed by atoms with Crippen molar-refractivity contribution in [2.24, 2.45) is 7.05 Å². The van der Waals surface area contributed by atoms with Crippen molar-refractivity contribution in [1.82, 2.24) is 20.4 Å². The van der Waals surface area contributed by atoms with E-state index in [0.717, 1.165) is 18.5 Å². The van der Waals surface area contributed by atoms with Crippen LogP contribution in [0, 0.1) is 0 Å². The maximum Gasteiger partial charge on any atom is 0.315 e. The zero-order chi connectivity index (χ0) is 13.9. The number of nitrogens with zero attached hydrogens (tertiary/aromatic N) is 2. The van der Waals surface area contributed by atoms with Gasteiger partial charge in [-0.2, -0.15) is 5.10 Å². The number of amides is 2. The fourth-order valence-electron chi connectivity index (χ4n) is 2.66. The van der Waals surface area contributed by atoms with Crippen LogP contribution in [0.5, 0.6) is 0 Å². The van der Waals surface area contributed by atoms with Crippen molar-refractivity contribution in [3.8, 4) is 0 Å². The molecule has 1 aromatic heterocycles. The lowest BCUT2D eigenvalue weighted by Crippen LogP contribution is -2.37. The topological polar surface area (TPSA) is 59.0 Å². The van der Waals surface area contributed by atoms with Crippen molar-refractivity contribution in [3.63, 3.8) is 0 Å². The van der Waals surface area contributed by atoms with Gasteiger partial charge in [-0.1, -0.05) is 24.3 Å². The number of hydrogen-bond acceptors (Lipinski definition) is 2. The highest BCUT2D eigenvalue weighted by Crippen LogP contribution is 2.30. The molecule has 0 fully saturated rings. The lowest BCUT2D eigenvalue weighted by Gasteiger charge is -2.15. The van der Waals surface area contributed by atoms with Crippen LogP contribution in [-0.4, -0.2) is 15.8 Å². The number of benzene rings is 1. The Kier molecular flexibility index (Phi) is 3.41. The van der Waals surface area contributed by atoms with Crippen molar-refractivity contribution >= 4 is 6.03 Å². The number of nitrogens with one attached hydrogen (secondary N) is 2. The standard InChI is InChI=1S/C15H18N4O/c1-19-12(8-9-17-19)10-16-15(20)18-14-7-6-11-4-2-3-5-13(11)14/h2-5,8-9,14H,6-7,10H2,1H3,(H2,16,18,20). The molecule has 1 unspecified atom stereocenters. The Labute approximate surface area is 118 Å². The summed E-state index contributed by atoms with van der Waals surface area (Å²) in [6.45, 7) is 0.483. The molecule has 5 heteroatoms. The van der Waals surface area contributed by atoms with Crippen LogP contribution in [0.1, 0.15) is 29.3 Å². The summed E-state index contributed by atoms with van der Waals surface area (Å²) in [6, 6.07) is 10.2. The number of fused-ring (bicyclic) bond motifs is 1. The molecule has 2 N–H and O–H groups in total. The monoisotopic (exact) mass is 270 g/mol. The molecule has 1 heterocycles. The van der Waals surface area contributed by atoms with Gasteiger partial charge in [0.05, 0.1) is 18.3 Å².